The van der Waals surface area contributed by atoms with Crippen molar-refractivity contribution >= 4 is 28.5 Å². The molecule has 0 aliphatic carbocycles. The second-order valence-electron chi connectivity index (χ2n) is 5.03. The first-order valence-corrected chi connectivity index (χ1v) is 7.52. The van der Waals surface area contributed by atoms with Crippen molar-refractivity contribution < 1.29 is 13.9 Å². The molecule has 118 valence electrons. The number of rotatable bonds is 4. The number of benzene rings is 1. The van der Waals surface area contributed by atoms with Gasteiger partial charge in [0.25, 0.3) is 0 Å². The SMILES string of the molecule is CCOC(=O)c1cc2cc(Cl)ncc2n1Cc1cccc(F)c1. The maximum atomic E-state index is 13.4. The number of nitrogens with zero attached hydrogens (tertiary/aromatic N) is 2. The van der Waals surface area contributed by atoms with E-state index in [0.717, 1.165) is 16.5 Å². The molecule has 0 saturated heterocycles. The molecule has 0 spiro atoms. The van der Waals surface area contributed by atoms with Crippen LogP contribution in [0.25, 0.3) is 10.9 Å². The van der Waals surface area contributed by atoms with Crippen molar-refractivity contribution in [2.24, 2.45) is 0 Å². The summed E-state index contributed by atoms with van der Waals surface area (Å²) in [6, 6.07) is 9.64. The third kappa shape index (κ3) is 3.19. The molecule has 6 heteroatoms. The molecular weight excluding hydrogens is 319 g/mol. The molecule has 1 aromatic carbocycles. The molecule has 4 nitrogen and oxygen atoms in total. The van der Waals surface area contributed by atoms with Gasteiger partial charge >= 0.3 is 5.97 Å². The molecule has 0 unspecified atom stereocenters. The van der Waals surface area contributed by atoms with Gasteiger partial charge in [-0.25, -0.2) is 14.2 Å². The molecule has 3 rings (SSSR count). The first-order valence-electron chi connectivity index (χ1n) is 7.15. The maximum absolute atomic E-state index is 13.4. The molecule has 0 aliphatic rings. The highest BCUT2D eigenvalue weighted by Gasteiger charge is 2.17. The number of halogens is 2. The Bertz CT molecular complexity index is 876. The van der Waals surface area contributed by atoms with Gasteiger partial charge < -0.3 is 9.30 Å². The number of hydrogen-bond acceptors (Lipinski definition) is 3. The minimum Gasteiger partial charge on any atom is -0.461 e. The minimum atomic E-state index is -0.434. The summed E-state index contributed by atoms with van der Waals surface area (Å²) in [4.78, 5) is 16.3. The Morgan fingerprint density at radius 2 is 2.17 bits per heavy atom. The van der Waals surface area contributed by atoms with E-state index in [2.05, 4.69) is 4.98 Å². The van der Waals surface area contributed by atoms with Crippen molar-refractivity contribution in [1.82, 2.24) is 9.55 Å². The average molecular weight is 333 g/mol. The second-order valence-corrected chi connectivity index (χ2v) is 5.42. The van der Waals surface area contributed by atoms with Crippen LogP contribution in [-0.2, 0) is 11.3 Å². The molecule has 0 aliphatic heterocycles. The molecule has 0 bridgehead atoms. The van der Waals surface area contributed by atoms with Crippen LogP contribution >= 0.6 is 11.6 Å². The first kappa shape index (κ1) is 15.5. The summed E-state index contributed by atoms with van der Waals surface area (Å²) in [6.07, 6.45) is 1.60. The lowest BCUT2D eigenvalue weighted by Gasteiger charge is -2.10. The van der Waals surface area contributed by atoms with E-state index in [1.165, 1.54) is 12.1 Å². The van der Waals surface area contributed by atoms with Crippen LogP contribution in [0, 0.1) is 5.82 Å². The highest BCUT2D eigenvalue weighted by atomic mass is 35.5. The number of fused-ring (bicyclic) bond motifs is 1. The van der Waals surface area contributed by atoms with Crippen LogP contribution < -0.4 is 0 Å². The van der Waals surface area contributed by atoms with Crippen LogP contribution in [-0.4, -0.2) is 22.1 Å². The molecule has 0 radical (unpaired) electrons. The zero-order valence-corrected chi connectivity index (χ0v) is 13.2. The second kappa shape index (κ2) is 6.38. The van der Waals surface area contributed by atoms with E-state index in [-0.39, 0.29) is 12.4 Å². The van der Waals surface area contributed by atoms with Crippen molar-refractivity contribution in [1.29, 1.82) is 0 Å². The van der Waals surface area contributed by atoms with Crippen molar-refractivity contribution in [3.8, 4) is 0 Å². The molecule has 2 aromatic heterocycles. The summed E-state index contributed by atoms with van der Waals surface area (Å²) >= 11 is 5.92. The highest BCUT2D eigenvalue weighted by molar-refractivity contribution is 6.30. The lowest BCUT2D eigenvalue weighted by molar-refractivity contribution is 0.0515. The van der Waals surface area contributed by atoms with Gasteiger partial charge in [-0.2, -0.15) is 0 Å². The van der Waals surface area contributed by atoms with Gasteiger partial charge in [0.15, 0.2) is 0 Å². The van der Waals surface area contributed by atoms with Crippen LogP contribution in [0.4, 0.5) is 4.39 Å². The van der Waals surface area contributed by atoms with E-state index in [4.69, 9.17) is 16.3 Å². The number of carbonyl (C=O) groups excluding carboxylic acids is 1. The molecule has 0 saturated carbocycles. The zero-order chi connectivity index (χ0) is 16.4. The van der Waals surface area contributed by atoms with Crippen LogP contribution in [0.5, 0.6) is 0 Å². The van der Waals surface area contributed by atoms with Gasteiger partial charge in [-0.1, -0.05) is 23.7 Å². The van der Waals surface area contributed by atoms with Gasteiger partial charge in [0, 0.05) is 11.9 Å². The predicted octanol–water partition coefficient (Wildman–Crippen LogP) is 4.05. The van der Waals surface area contributed by atoms with E-state index in [9.17, 15) is 9.18 Å². The minimum absolute atomic E-state index is 0.277. The van der Waals surface area contributed by atoms with E-state index >= 15 is 0 Å². The number of pyridine rings is 1. The number of carbonyl (C=O) groups is 1. The molecule has 0 fully saturated rings. The fourth-order valence-electron chi connectivity index (χ4n) is 2.50. The quantitative estimate of drug-likeness (QED) is 0.534. The Hall–Kier alpha value is -2.40. The summed E-state index contributed by atoms with van der Waals surface area (Å²) in [5.74, 6) is -0.756. The third-order valence-electron chi connectivity index (χ3n) is 3.47. The lowest BCUT2D eigenvalue weighted by atomic mass is 10.2. The summed E-state index contributed by atoms with van der Waals surface area (Å²) in [6.45, 7) is 2.36. The number of ether oxygens (including phenoxy) is 1. The molecule has 0 atom stereocenters. The Kier molecular flexibility index (Phi) is 4.30. The monoisotopic (exact) mass is 332 g/mol. The molecule has 2 heterocycles. The summed E-state index contributed by atoms with van der Waals surface area (Å²) in [7, 11) is 0. The van der Waals surface area contributed by atoms with Crippen LogP contribution in [0.15, 0.2) is 42.6 Å². The number of esters is 1. The van der Waals surface area contributed by atoms with Gasteiger partial charge in [-0.05, 0) is 36.8 Å². The van der Waals surface area contributed by atoms with Gasteiger partial charge in [0.1, 0.15) is 16.7 Å². The standard InChI is InChI=1S/C17H14ClFN2O2/c1-2-23-17(22)14-7-12-8-16(18)20-9-15(12)21(14)10-11-4-3-5-13(19)6-11/h3-9H,2,10H2,1H3. The van der Waals surface area contributed by atoms with E-state index in [0.29, 0.717) is 17.4 Å². The molecule has 23 heavy (non-hydrogen) atoms. The third-order valence-corrected chi connectivity index (χ3v) is 3.68. The fraction of sp³-hybridized carbons (Fsp3) is 0.176. The predicted molar refractivity (Wildman–Crippen MR) is 86.2 cm³/mol. The van der Waals surface area contributed by atoms with Crippen molar-refractivity contribution in [3.63, 3.8) is 0 Å². The van der Waals surface area contributed by atoms with Crippen LogP contribution in [0.1, 0.15) is 23.0 Å². The largest absolute Gasteiger partial charge is 0.461 e. The molecule has 3 aromatic rings. The van der Waals surface area contributed by atoms with Gasteiger partial charge in [0.05, 0.1) is 18.3 Å². The first-order chi connectivity index (χ1) is 11.1. The topological polar surface area (TPSA) is 44.1 Å². The number of aromatic nitrogens is 2. The van der Waals surface area contributed by atoms with Crippen molar-refractivity contribution in [2.75, 3.05) is 6.61 Å². The molecule has 0 amide bonds. The summed E-state index contributed by atoms with van der Waals surface area (Å²) in [5, 5.41) is 1.13. The van der Waals surface area contributed by atoms with Crippen molar-refractivity contribution in [2.45, 2.75) is 13.5 Å². The lowest BCUT2D eigenvalue weighted by Crippen LogP contribution is -2.13. The Morgan fingerprint density at radius 3 is 2.91 bits per heavy atom. The van der Waals surface area contributed by atoms with E-state index in [1.807, 2.05) is 0 Å². The fourth-order valence-corrected chi connectivity index (χ4v) is 2.66. The molecule has 0 N–H and O–H groups in total. The van der Waals surface area contributed by atoms with E-state index in [1.54, 1.807) is 42.0 Å². The Labute approximate surface area is 137 Å². The van der Waals surface area contributed by atoms with Crippen LogP contribution in [0.2, 0.25) is 5.15 Å². The maximum Gasteiger partial charge on any atom is 0.354 e. The van der Waals surface area contributed by atoms with Gasteiger partial charge in [-0.3, -0.25) is 0 Å². The van der Waals surface area contributed by atoms with Gasteiger partial charge in [0.2, 0.25) is 0 Å². The van der Waals surface area contributed by atoms with Gasteiger partial charge in [-0.15, -0.1) is 0 Å². The highest BCUT2D eigenvalue weighted by Crippen LogP contribution is 2.24. The number of hydrogen-bond donors (Lipinski definition) is 0. The molecular formula is C17H14ClFN2O2. The van der Waals surface area contributed by atoms with Crippen molar-refractivity contribution in [3.05, 3.63) is 64.8 Å². The summed E-state index contributed by atoms with van der Waals surface area (Å²) < 4.78 is 20.3. The van der Waals surface area contributed by atoms with Crippen LogP contribution in [0.3, 0.4) is 0 Å². The normalized spacial score (nSPS) is 10.9. The smallest absolute Gasteiger partial charge is 0.354 e. The zero-order valence-electron chi connectivity index (χ0n) is 12.4. The Balaban J connectivity index is 2.11. The Morgan fingerprint density at radius 1 is 1.35 bits per heavy atom. The van der Waals surface area contributed by atoms with E-state index < -0.39 is 5.97 Å². The summed E-state index contributed by atoms with van der Waals surface area (Å²) in [5.41, 5.74) is 1.86. The average Bonchev–Trinajstić information content (AvgIpc) is 2.85.